The first kappa shape index (κ1) is 23.5. The highest BCUT2D eigenvalue weighted by atomic mass is 35.5. The van der Waals surface area contributed by atoms with Crippen LogP contribution in [0.2, 0.25) is 5.02 Å². The second-order valence-corrected chi connectivity index (χ2v) is 9.04. The van der Waals surface area contributed by atoms with Crippen molar-refractivity contribution >= 4 is 17.6 Å². The predicted molar refractivity (Wildman–Crippen MR) is 125 cm³/mol. The number of hydrogen-bond acceptors (Lipinski definition) is 4. The molecule has 0 saturated carbocycles. The quantitative estimate of drug-likeness (QED) is 0.397. The Morgan fingerprint density at radius 2 is 1.19 bits per heavy atom. The summed E-state index contributed by atoms with van der Waals surface area (Å²) >= 11 is 5.85. The molecule has 1 atom stereocenters. The van der Waals surface area contributed by atoms with E-state index < -0.39 is 11.6 Å². The Morgan fingerprint density at radius 3 is 1.66 bits per heavy atom. The molecule has 0 amide bonds. The van der Waals surface area contributed by atoms with Crippen LogP contribution in [0.3, 0.4) is 0 Å². The van der Waals surface area contributed by atoms with Gasteiger partial charge >= 0.3 is 5.97 Å². The summed E-state index contributed by atoms with van der Waals surface area (Å²) in [5, 5.41) is 10.5. The summed E-state index contributed by atoms with van der Waals surface area (Å²) in [6, 6.07) is 21.2. The van der Waals surface area contributed by atoms with Gasteiger partial charge in [0.2, 0.25) is 12.4 Å². The van der Waals surface area contributed by atoms with Gasteiger partial charge in [-0.05, 0) is 66.4 Å². The van der Waals surface area contributed by atoms with Crippen LogP contribution in [0.25, 0.3) is 0 Å². The lowest BCUT2D eigenvalue weighted by molar-refractivity contribution is -0.154. The molecule has 0 heterocycles. The second kappa shape index (κ2) is 9.53. The monoisotopic (exact) mass is 454 g/mol. The minimum Gasteiger partial charge on any atom is -0.478 e. The lowest BCUT2D eigenvalue weighted by atomic mass is 9.87. The molecule has 0 aliphatic carbocycles. The lowest BCUT2D eigenvalue weighted by Crippen LogP contribution is -2.38. The average Bonchev–Trinajstić information content (AvgIpc) is 2.75. The number of carboxylic acid groups (broad SMARTS) is 1. The maximum Gasteiger partial charge on any atom is 0.352 e. The molecule has 0 spiro atoms. The van der Waals surface area contributed by atoms with Gasteiger partial charge in [-0.15, -0.1) is 0 Å². The average molecular weight is 455 g/mol. The van der Waals surface area contributed by atoms with E-state index in [4.69, 9.17) is 25.8 Å². The SMILES string of the molecule is CC(C)(C)c1ccc(OC(C)(C(=O)O)c2ccc(OCOc3ccc(Cl)cc3)cc2)cc1. The summed E-state index contributed by atoms with van der Waals surface area (Å²) in [4.78, 5) is 12.1. The van der Waals surface area contributed by atoms with Gasteiger partial charge in [0.15, 0.2) is 0 Å². The molecule has 6 heteroatoms. The smallest absolute Gasteiger partial charge is 0.352 e. The van der Waals surface area contributed by atoms with Crippen LogP contribution < -0.4 is 14.2 Å². The summed E-state index contributed by atoms with van der Waals surface area (Å²) in [6.07, 6.45) is 0. The van der Waals surface area contributed by atoms with Crippen molar-refractivity contribution in [3.8, 4) is 17.2 Å². The lowest BCUT2D eigenvalue weighted by Gasteiger charge is -2.27. The van der Waals surface area contributed by atoms with Crippen LogP contribution >= 0.6 is 11.6 Å². The van der Waals surface area contributed by atoms with Gasteiger partial charge in [0.25, 0.3) is 0 Å². The van der Waals surface area contributed by atoms with E-state index in [1.807, 2.05) is 12.1 Å². The first-order valence-corrected chi connectivity index (χ1v) is 10.6. The third-order valence-corrected chi connectivity index (χ3v) is 5.37. The van der Waals surface area contributed by atoms with Crippen molar-refractivity contribution in [1.29, 1.82) is 0 Å². The van der Waals surface area contributed by atoms with E-state index in [1.165, 1.54) is 6.92 Å². The van der Waals surface area contributed by atoms with E-state index in [9.17, 15) is 9.90 Å². The summed E-state index contributed by atoms with van der Waals surface area (Å²) in [6.45, 7) is 7.90. The Hall–Kier alpha value is -3.18. The van der Waals surface area contributed by atoms with E-state index in [0.29, 0.717) is 27.8 Å². The maximum atomic E-state index is 12.1. The molecule has 3 aromatic rings. The minimum atomic E-state index is -1.55. The number of halogens is 1. The molecule has 0 aliphatic rings. The minimum absolute atomic E-state index is 0.00172. The van der Waals surface area contributed by atoms with Crippen LogP contribution in [0.1, 0.15) is 38.8 Å². The molecule has 0 fully saturated rings. The number of ether oxygens (including phenoxy) is 3. The predicted octanol–water partition coefficient (Wildman–Crippen LogP) is 6.43. The summed E-state index contributed by atoms with van der Waals surface area (Å²) in [5.41, 5.74) is 0.0867. The molecule has 0 bridgehead atoms. The number of aliphatic carboxylic acids is 1. The van der Waals surface area contributed by atoms with Gasteiger partial charge in [0.1, 0.15) is 17.2 Å². The van der Waals surface area contributed by atoms with E-state index in [1.54, 1.807) is 60.7 Å². The number of benzene rings is 3. The molecule has 0 saturated heterocycles. The largest absolute Gasteiger partial charge is 0.478 e. The van der Waals surface area contributed by atoms with E-state index in [2.05, 4.69) is 20.8 Å². The molecule has 32 heavy (non-hydrogen) atoms. The standard InChI is InChI=1S/C26H27ClO5/c1-25(2,3)18-5-13-23(14-6-18)32-26(4,24(28)29)19-7-11-21(12-8-19)30-17-31-22-15-9-20(27)10-16-22/h5-16H,17H2,1-4H3,(H,28,29). The third kappa shape index (κ3) is 5.74. The van der Waals surface area contributed by atoms with Gasteiger partial charge in [-0.2, -0.15) is 0 Å². The molecule has 0 radical (unpaired) electrons. The highest BCUT2D eigenvalue weighted by molar-refractivity contribution is 6.30. The van der Waals surface area contributed by atoms with Gasteiger partial charge in [-0.3, -0.25) is 0 Å². The zero-order chi connectivity index (χ0) is 23.4. The van der Waals surface area contributed by atoms with Gasteiger partial charge in [-0.1, -0.05) is 56.6 Å². The number of carbonyl (C=O) groups is 1. The van der Waals surface area contributed by atoms with Crippen molar-refractivity contribution < 1.29 is 24.1 Å². The molecular formula is C26H27ClO5. The van der Waals surface area contributed by atoms with Gasteiger partial charge in [-0.25, -0.2) is 4.79 Å². The first-order chi connectivity index (χ1) is 15.1. The molecule has 168 valence electrons. The van der Waals surface area contributed by atoms with Crippen LogP contribution in [0.15, 0.2) is 72.8 Å². The van der Waals surface area contributed by atoms with Crippen LogP contribution in [0, 0.1) is 0 Å². The normalized spacial score (nSPS) is 13.2. The number of carboxylic acids is 1. The summed E-state index contributed by atoms with van der Waals surface area (Å²) < 4.78 is 17.0. The Bertz CT molecular complexity index is 1040. The van der Waals surface area contributed by atoms with Crippen molar-refractivity contribution in [1.82, 2.24) is 0 Å². The highest BCUT2D eigenvalue weighted by Gasteiger charge is 2.38. The first-order valence-electron chi connectivity index (χ1n) is 10.2. The van der Waals surface area contributed by atoms with Crippen molar-refractivity contribution in [2.24, 2.45) is 0 Å². The van der Waals surface area contributed by atoms with Crippen molar-refractivity contribution in [2.75, 3.05) is 6.79 Å². The van der Waals surface area contributed by atoms with Crippen LogP contribution in [-0.4, -0.2) is 17.9 Å². The van der Waals surface area contributed by atoms with E-state index >= 15 is 0 Å². The van der Waals surface area contributed by atoms with Gasteiger partial charge in [0, 0.05) is 10.6 Å². The fraction of sp³-hybridized carbons (Fsp3) is 0.269. The van der Waals surface area contributed by atoms with Crippen LogP contribution in [0.4, 0.5) is 0 Å². The number of hydrogen-bond donors (Lipinski definition) is 1. The Balaban J connectivity index is 1.67. The van der Waals surface area contributed by atoms with Crippen LogP contribution in [0.5, 0.6) is 17.2 Å². The summed E-state index contributed by atoms with van der Waals surface area (Å²) in [7, 11) is 0. The van der Waals surface area contributed by atoms with Crippen LogP contribution in [-0.2, 0) is 15.8 Å². The Labute approximate surface area is 193 Å². The van der Waals surface area contributed by atoms with E-state index in [-0.39, 0.29) is 12.2 Å². The molecule has 5 nitrogen and oxygen atoms in total. The van der Waals surface area contributed by atoms with Crippen molar-refractivity contribution in [2.45, 2.75) is 38.7 Å². The molecule has 0 aromatic heterocycles. The summed E-state index contributed by atoms with van der Waals surface area (Å²) in [5.74, 6) is 0.581. The Kier molecular flexibility index (Phi) is 6.99. The molecule has 3 rings (SSSR count). The highest BCUT2D eigenvalue weighted by Crippen LogP contribution is 2.31. The molecule has 1 N–H and O–H groups in total. The molecule has 3 aromatic carbocycles. The van der Waals surface area contributed by atoms with E-state index in [0.717, 1.165) is 5.56 Å². The Morgan fingerprint density at radius 1 is 0.750 bits per heavy atom. The fourth-order valence-corrected chi connectivity index (χ4v) is 3.18. The third-order valence-electron chi connectivity index (χ3n) is 5.12. The fourth-order valence-electron chi connectivity index (χ4n) is 3.05. The molecular weight excluding hydrogens is 428 g/mol. The van der Waals surface area contributed by atoms with Gasteiger partial charge < -0.3 is 19.3 Å². The second-order valence-electron chi connectivity index (χ2n) is 8.60. The number of rotatable bonds is 8. The van der Waals surface area contributed by atoms with Crippen molar-refractivity contribution in [3.63, 3.8) is 0 Å². The zero-order valence-electron chi connectivity index (χ0n) is 18.6. The van der Waals surface area contributed by atoms with Gasteiger partial charge in [0.05, 0.1) is 0 Å². The zero-order valence-corrected chi connectivity index (χ0v) is 19.3. The topological polar surface area (TPSA) is 65.0 Å². The molecule has 1 unspecified atom stereocenters. The molecule has 0 aliphatic heterocycles. The van der Waals surface area contributed by atoms with Crippen molar-refractivity contribution in [3.05, 3.63) is 88.9 Å². The maximum absolute atomic E-state index is 12.1.